The average Bonchev–Trinajstić information content (AvgIpc) is 2.55. The molecule has 1 heteroatoms. The molecule has 2 aromatic rings. The van der Waals surface area contributed by atoms with Gasteiger partial charge in [-0.2, -0.15) is 0 Å². The van der Waals surface area contributed by atoms with Crippen LogP contribution in [-0.4, -0.2) is 6.54 Å². The summed E-state index contributed by atoms with van der Waals surface area (Å²) in [6, 6.07) is 17.7. The van der Waals surface area contributed by atoms with E-state index >= 15 is 0 Å². The molecule has 3 rings (SSSR count). The Kier molecular flexibility index (Phi) is 2.69. The van der Waals surface area contributed by atoms with Gasteiger partial charge in [0, 0.05) is 0 Å². The maximum atomic E-state index is 4.15. The van der Waals surface area contributed by atoms with E-state index in [2.05, 4.69) is 54.3 Å². The van der Waals surface area contributed by atoms with E-state index in [1.54, 1.807) is 0 Å². The van der Waals surface area contributed by atoms with Crippen molar-refractivity contribution in [1.82, 2.24) is 0 Å². The minimum atomic E-state index is 0.477. The van der Waals surface area contributed by atoms with Gasteiger partial charge in [0.15, 0.2) is 0 Å². The van der Waals surface area contributed by atoms with Crippen LogP contribution in [-0.2, 0) is 12.8 Å². The summed E-state index contributed by atoms with van der Waals surface area (Å²) in [5.74, 6) is 0.477. The Labute approximate surface area is 102 Å². The summed E-state index contributed by atoms with van der Waals surface area (Å²) < 4.78 is 0. The molecule has 0 heterocycles. The number of rotatable bonds is 1. The van der Waals surface area contributed by atoms with Crippen molar-refractivity contribution in [3.05, 3.63) is 70.8 Å². The van der Waals surface area contributed by atoms with Gasteiger partial charge in [0.2, 0.25) is 0 Å². The van der Waals surface area contributed by atoms with Crippen molar-refractivity contribution in [2.45, 2.75) is 18.8 Å². The fraction of sp³-hybridized carbons (Fsp3) is 0.250. The summed E-state index contributed by atoms with van der Waals surface area (Å²) in [7, 11) is 0. The van der Waals surface area contributed by atoms with Gasteiger partial charge >= 0.3 is 0 Å². The minimum absolute atomic E-state index is 0.477. The lowest BCUT2D eigenvalue weighted by atomic mass is 9.88. The van der Waals surface area contributed by atoms with Gasteiger partial charge in [0.05, 0.1) is 12.5 Å². The standard InChI is InChI=1S/C16H17N/c17-11-16-14-7-3-1-5-12(14)9-10-13-6-2-4-8-15(13)16/h1-8,16H,9-11,17H2/p+1. The van der Waals surface area contributed by atoms with Crippen molar-refractivity contribution in [2.24, 2.45) is 0 Å². The van der Waals surface area contributed by atoms with Gasteiger partial charge in [-0.1, -0.05) is 48.5 Å². The van der Waals surface area contributed by atoms with Crippen LogP contribution in [0.1, 0.15) is 28.2 Å². The summed E-state index contributed by atoms with van der Waals surface area (Å²) >= 11 is 0. The lowest BCUT2D eigenvalue weighted by molar-refractivity contribution is -0.370. The van der Waals surface area contributed by atoms with Crippen molar-refractivity contribution < 1.29 is 5.73 Å². The van der Waals surface area contributed by atoms with Crippen LogP contribution < -0.4 is 5.73 Å². The number of quaternary nitrogens is 1. The van der Waals surface area contributed by atoms with E-state index in [4.69, 9.17) is 0 Å². The number of fused-ring (bicyclic) bond motifs is 2. The van der Waals surface area contributed by atoms with Crippen molar-refractivity contribution in [2.75, 3.05) is 6.54 Å². The van der Waals surface area contributed by atoms with Crippen LogP contribution >= 0.6 is 0 Å². The Hall–Kier alpha value is -1.60. The molecule has 0 atom stereocenters. The van der Waals surface area contributed by atoms with E-state index in [0.29, 0.717) is 5.92 Å². The molecule has 0 radical (unpaired) electrons. The first kappa shape index (κ1) is 10.5. The zero-order valence-electron chi connectivity index (χ0n) is 10.0. The SMILES string of the molecule is [NH3+]CC1c2ccccc2CCc2ccccc21. The van der Waals surface area contributed by atoms with Gasteiger partial charge in [-0.05, 0) is 35.1 Å². The van der Waals surface area contributed by atoms with Crippen LogP contribution in [0.5, 0.6) is 0 Å². The van der Waals surface area contributed by atoms with Crippen molar-refractivity contribution in [3.8, 4) is 0 Å². The Morgan fingerprint density at radius 2 is 1.29 bits per heavy atom. The lowest BCUT2D eigenvalue weighted by Gasteiger charge is -2.16. The zero-order chi connectivity index (χ0) is 11.7. The predicted octanol–water partition coefficient (Wildman–Crippen LogP) is 2.16. The molecule has 0 amide bonds. The number of benzene rings is 2. The van der Waals surface area contributed by atoms with Gasteiger partial charge in [-0.3, -0.25) is 0 Å². The van der Waals surface area contributed by atoms with Gasteiger partial charge in [0.1, 0.15) is 0 Å². The molecule has 1 nitrogen and oxygen atoms in total. The second-order valence-corrected chi connectivity index (χ2v) is 4.74. The molecular weight excluding hydrogens is 206 g/mol. The molecule has 1 aliphatic rings. The minimum Gasteiger partial charge on any atom is -0.357 e. The fourth-order valence-electron chi connectivity index (χ4n) is 2.95. The number of aryl methyl sites for hydroxylation is 2. The number of hydrogen-bond acceptors (Lipinski definition) is 0. The summed E-state index contributed by atoms with van der Waals surface area (Å²) in [6.45, 7) is 0.939. The smallest absolute Gasteiger partial charge is 0.0851 e. The van der Waals surface area contributed by atoms with E-state index in [9.17, 15) is 0 Å². The molecule has 1 aliphatic carbocycles. The Morgan fingerprint density at radius 3 is 1.76 bits per heavy atom. The summed E-state index contributed by atoms with van der Waals surface area (Å²) in [5.41, 5.74) is 10.1. The van der Waals surface area contributed by atoms with E-state index < -0.39 is 0 Å². The highest BCUT2D eigenvalue weighted by Gasteiger charge is 2.22. The molecule has 0 aromatic heterocycles. The predicted molar refractivity (Wildman–Crippen MR) is 69.9 cm³/mol. The van der Waals surface area contributed by atoms with Crippen LogP contribution in [0, 0.1) is 0 Å². The molecule has 0 spiro atoms. The fourth-order valence-corrected chi connectivity index (χ4v) is 2.95. The Bertz CT molecular complexity index is 483. The van der Waals surface area contributed by atoms with Crippen molar-refractivity contribution in [1.29, 1.82) is 0 Å². The maximum Gasteiger partial charge on any atom is 0.0851 e. The third-order valence-corrected chi connectivity index (χ3v) is 3.81. The molecule has 0 bridgehead atoms. The molecule has 0 aliphatic heterocycles. The first-order chi connectivity index (χ1) is 8.40. The molecule has 0 saturated heterocycles. The molecule has 0 saturated carbocycles. The van der Waals surface area contributed by atoms with E-state index in [1.165, 1.54) is 22.3 Å². The lowest BCUT2D eigenvalue weighted by Crippen LogP contribution is -2.53. The highest BCUT2D eigenvalue weighted by molar-refractivity contribution is 5.44. The van der Waals surface area contributed by atoms with E-state index in [1.807, 2.05) is 0 Å². The van der Waals surface area contributed by atoms with Crippen LogP contribution in [0.25, 0.3) is 0 Å². The molecule has 3 N–H and O–H groups in total. The van der Waals surface area contributed by atoms with Crippen LogP contribution in [0.4, 0.5) is 0 Å². The molecule has 0 unspecified atom stereocenters. The molecule has 2 aromatic carbocycles. The normalized spacial score (nSPS) is 14.9. The highest BCUT2D eigenvalue weighted by Crippen LogP contribution is 2.32. The largest absolute Gasteiger partial charge is 0.357 e. The third-order valence-electron chi connectivity index (χ3n) is 3.81. The van der Waals surface area contributed by atoms with Gasteiger partial charge in [0.25, 0.3) is 0 Å². The Balaban J connectivity index is 2.19. The zero-order valence-corrected chi connectivity index (χ0v) is 10.0. The highest BCUT2D eigenvalue weighted by atomic mass is 14.6. The Morgan fingerprint density at radius 1 is 0.824 bits per heavy atom. The van der Waals surface area contributed by atoms with Crippen molar-refractivity contribution in [3.63, 3.8) is 0 Å². The molecule has 0 fully saturated rings. The topological polar surface area (TPSA) is 27.6 Å². The first-order valence-electron chi connectivity index (χ1n) is 6.35. The summed E-state index contributed by atoms with van der Waals surface area (Å²) in [4.78, 5) is 0. The maximum absolute atomic E-state index is 4.15. The quantitative estimate of drug-likeness (QED) is 0.769. The average molecular weight is 224 g/mol. The van der Waals surface area contributed by atoms with Crippen LogP contribution in [0.2, 0.25) is 0 Å². The molecule has 86 valence electrons. The number of hydrogen-bond donors (Lipinski definition) is 1. The second kappa shape index (κ2) is 4.34. The van der Waals surface area contributed by atoms with Crippen molar-refractivity contribution >= 4 is 0 Å². The van der Waals surface area contributed by atoms with Gasteiger partial charge < -0.3 is 5.73 Å². The van der Waals surface area contributed by atoms with Gasteiger partial charge in [-0.25, -0.2) is 0 Å². The second-order valence-electron chi connectivity index (χ2n) is 4.74. The summed E-state index contributed by atoms with van der Waals surface area (Å²) in [6.07, 6.45) is 2.31. The van der Waals surface area contributed by atoms with Crippen LogP contribution in [0.15, 0.2) is 48.5 Å². The van der Waals surface area contributed by atoms with E-state index in [-0.39, 0.29) is 0 Å². The molecular formula is C16H18N+. The summed E-state index contributed by atoms with van der Waals surface area (Å²) in [5, 5.41) is 0. The molecule has 17 heavy (non-hydrogen) atoms. The third kappa shape index (κ3) is 1.77. The van der Waals surface area contributed by atoms with Crippen LogP contribution in [0.3, 0.4) is 0 Å². The van der Waals surface area contributed by atoms with Gasteiger partial charge in [-0.15, -0.1) is 0 Å². The van der Waals surface area contributed by atoms with E-state index in [0.717, 1.165) is 19.4 Å². The monoisotopic (exact) mass is 224 g/mol. The first-order valence-corrected chi connectivity index (χ1v) is 6.35.